The average molecular weight is 258 g/mol. The van der Waals surface area contributed by atoms with Gasteiger partial charge in [0.25, 0.3) is 0 Å². The fourth-order valence-corrected chi connectivity index (χ4v) is 2.36. The summed E-state index contributed by atoms with van der Waals surface area (Å²) in [4.78, 5) is 2.14. The number of rotatable bonds is 5. The molecule has 0 heterocycles. The summed E-state index contributed by atoms with van der Waals surface area (Å²) in [5, 5.41) is 9.19. The molecular formula is C16H22N2O. The standard InChI is InChI=1S/C16H22N2O/c1-12(2)13-5-6-14(15(9-13)19-4)18(3)11-16(10-17)7-8-16/h5-6,9,12H,7-8,11H2,1-4H3. The van der Waals surface area contributed by atoms with Crippen LogP contribution in [0, 0.1) is 16.7 Å². The maximum atomic E-state index is 9.19. The molecule has 0 aliphatic heterocycles. The number of benzene rings is 1. The van der Waals surface area contributed by atoms with Gasteiger partial charge in [0.2, 0.25) is 0 Å². The molecule has 0 N–H and O–H groups in total. The molecule has 1 saturated carbocycles. The average Bonchev–Trinajstić information content (AvgIpc) is 3.18. The second kappa shape index (κ2) is 5.13. The van der Waals surface area contributed by atoms with Gasteiger partial charge < -0.3 is 9.64 Å². The van der Waals surface area contributed by atoms with Gasteiger partial charge in [0.05, 0.1) is 24.3 Å². The summed E-state index contributed by atoms with van der Waals surface area (Å²) in [6.07, 6.45) is 2.03. The summed E-state index contributed by atoms with van der Waals surface area (Å²) >= 11 is 0. The summed E-state index contributed by atoms with van der Waals surface area (Å²) in [5.41, 5.74) is 2.21. The van der Waals surface area contributed by atoms with Crippen molar-refractivity contribution in [1.29, 1.82) is 5.26 Å². The third-order valence-electron chi connectivity index (χ3n) is 3.91. The van der Waals surface area contributed by atoms with Crippen molar-refractivity contribution in [3.05, 3.63) is 23.8 Å². The van der Waals surface area contributed by atoms with E-state index >= 15 is 0 Å². The van der Waals surface area contributed by atoms with Gasteiger partial charge in [0, 0.05) is 13.6 Å². The monoisotopic (exact) mass is 258 g/mol. The number of methoxy groups -OCH3 is 1. The lowest BCUT2D eigenvalue weighted by Crippen LogP contribution is -2.26. The van der Waals surface area contributed by atoms with Crippen molar-refractivity contribution in [2.45, 2.75) is 32.6 Å². The van der Waals surface area contributed by atoms with E-state index in [1.54, 1.807) is 7.11 Å². The van der Waals surface area contributed by atoms with Crippen molar-refractivity contribution in [3.63, 3.8) is 0 Å². The van der Waals surface area contributed by atoms with Crippen LogP contribution in [0.4, 0.5) is 5.69 Å². The van der Waals surface area contributed by atoms with Crippen LogP contribution in [0.2, 0.25) is 0 Å². The second-order valence-corrected chi connectivity index (χ2v) is 5.83. The Morgan fingerprint density at radius 3 is 2.58 bits per heavy atom. The maximum Gasteiger partial charge on any atom is 0.142 e. The molecular weight excluding hydrogens is 236 g/mol. The predicted octanol–water partition coefficient (Wildman–Crippen LogP) is 3.56. The lowest BCUT2D eigenvalue weighted by molar-refractivity contribution is 0.413. The van der Waals surface area contributed by atoms with Gasteiger partial charge in [-0.1, -0.05) is 19.9 Å². The lowest BCUT2D eigenvalue weighted by atomic mass is 10.0. The van der Waals surface area contributed by atoms with Crippen molar-refractivity contribution < 1.29 is 4.74 Å². The quantitative estimate of drug-likeness (QED) is 0.810. The summed E-state index contributed by atoms with van der Waals surface area (Å²) in [6.45, 7) is 5.13. The maximum absolute atomic E-state index is 9.19. The highest BCUT2D eigenvalue weighted by atomic mass is 16.5. The zero-order chi connectivity index (χ0) is 14.0. The Balaban J connectivity index is 2.22. The van der Waals surface area contributed by atoms with Crippen molar-refractivity contribution >= 4 is 5.69 Å². The Morgan fingerprint density at radius 2 is 2.11 bits per heavy atom. The van der Waals surface area contributed by atoms with Gasteiger partial charge in [-0.05, 0) is 36.5 Å². The fraction of sp³-hybridized carbons (Fsp3) is 0.562. The Labute approximate surface area is 115 Å². The molecule has 0 bridgehead atoms. The summed E-state index contributed by atoms with van der Waals surface area (Å²) in [7, 11) is 3.73. The minimum absolute atomic E-state index is 0.128. The lowest BCUT2D eigenvalue weighted by Gasteiger charge is -2.24. The van der Waals surface area contributed by atoms with Gasteiger partial charge in [0.15, 0.2) is 0 Å². The molecule has 0 radical (unpaired) electrons. The molecule has 0 unspecified atom stereocenters. The Hall–Kier alpha value is -1.69. The van der Waals surface area contributed by atoms with E-state index in [1.165, 1.54) is 5.56 Å². The smallest absolute Gasteiger partial charge is 0.142 e. The molecule has 2 rings (SSSR count). The topological polar surface area (TPSA) is 36.3 Å². The Bertz CT molecular complexity index is 498. The van der Waals surface area contributed by atoms with Gasteiger partial charge >= 0.3 is 0 Å². The predicted molar refractivity (Wildman–Crippen MR) is 77.6 cm³/mol. The van der Waals surface area contributed by atoms with Crippen LogP contribution < -0.4 is 9.64 Å². The SMILES string of the molecule is COc1cc(C(C)C)ccc1N(C)CC1(C#N)CC1. The summed E-state index contributed by atoms with van der Waals surface area (Å²) in [5.74, 6) is 1.38. The molecule has 102 valence electrons. The molecule has 1 fully saturated rings. The molecule has 0 aromatic heterocycles. The fourth-order valence-electron chi connectivity index (χ4n) is 2.36. The van der Waals surface area contributed by atoms with Gasteiger partial charge in [0.1, 0.15) is 5.75 Å². The minimum atomic E-state index is -0.128. The molecule has 0 spiro atoms. The first kappa shape index (κ1) is 13.7. The molecule has 0 atom stereocenters. The van der Waals surface area contributed by atoms with Crippen LogP contribution in [0.15, 0.2) is 18.2 Å². The van der Waals surface area contributed by atoms with E-state index in [4.69, 9.17) is 4.74 Å². The zero-order valence-electron chi connectivity index (χ0n) is 12.2. The minimum Gasteiger partial charge on any atom is -0.495 e. The molecule has 3 heteroatoms. The van der Waals surface area contributed by atoms with Gasteiger partial charge in [-0.25, -0.2) is 0 Å². The van der Waals surface area contributed by atoms with Gasteiger partial charge in [-0.3, -0.25) is 0 Å². The van der Waals surface area contributed by atoms with E-state index in [2.05, 4.69) is 43.0 Å². The molecule has 3 nitrogen and oxygen atoms in total. The number of nitriles is 1. The van der Waals surface area contributed by atoms with Crippen LogP contribution in [-0.4, -0.2) is 20.7 Å². The first-order valence-corrected chi connectivity index (χ1v) is 6.82. The van der Waals surface area contributed by atoms with Crippen LogP contribution >= 0.6 is 0 Å². The highest BCUT2D eigenvalue weighted by Gasteiger charge is 2.44. The third kappa shape index (κ3) is 2.84. The van der Waals surface area contributed by atoms with Crippen LogP contribution in [0.25, 0.3) is 0 Å². The van der Waals surface area contributed by atoms with E-state index in [1.807, 2.05) is 7.05 Å². The van der Waals surface area contributed by atoms with Crippen molar-refractivity contribution in [1.82, 2.24) is 0 Å². The summed E-state index contributed by atoms with van der Waals surface area (Å²) < 4.78 is 5.50. The number of hydrogen-bond acceptors (Lipinski definition) is 3. The van der Waals surface area contributed by atoms with Crippen LogP contribution in [0.5, 0.6) is 5.75 Å². The normalized spacial score (nSPS) is 16.0. The first-order chi connectivity index (χ1) is 9.01. The van der Waals surface area contributed by atoms with Crippen molar-refractivity contribution in [2.75, 3.05) is 25.6 Å². The highest BCUT2D eigenvalue weighted by molar-refractivity contribution is 5.60. The van der Waals surface area contributed by atoms with Crippen LogP contribution in [0.3, 0.4) is 0 Å². The van der Waals surface area contributed by atoms with Crippen molar-refractivity contribution in [3.8, 4) is 11.8 Å². The van der Waals surface area contributed by atoms with Gasteiger partial charge in [-0.15, -0.1) is 0 Å². The number of nitrogens with zero attached hydrogens (tertiary/aromatic N) is 2. The molecule has 1 aromatic carbocycles. The van der Waals surface area contributed by atoms with Crippen LogP contribution in [0.1, 0.15) is 38.2 Å². The first-order valence-electron chi connectivity index (χ1n) is 6.82. The zero-order valence-corrected chi connectivity index (χ0v) is 12.2. The molecule has 1 aliphatic carbocycles. The van der Waals surface area contributed by atoms with E-state index in [0.717, 1.165) is 30.8 Å². The largest absolute Gasteiger partial charge is 0.495 e. The number of anilines is 1. The molecule has 19 heavy (non-hydrogen) atoms. The Kier molecular flexibility index (Phi) is 3.71. The van der Waals surface area contributed by atoms with Gasteiger partial charge in [-0.2, -0.15) is 5.26 Å². The third-order valence-corrected chi connectivity index (χ3v) is 3.91. The van der Waals surface area contributed by atoms with E-state index in [0.29, 0.717) is 5.92 Å². The number of ether oxygens (including phenoxy) is 1. The summed E-state index contributed by atoms with van der Waals surface area (Å²) in [6, 6.07) is 8.78. The molecule has 0 amide bonds. The second-order valence-electron chi connectivity index (χ2n) is 5.83. The number of hydrogen-bond donors (Lipinski definition) is 0. The molecule has 0 saturated heterocycles. The molecule has 1 aromatic rings. The van der Waals surface area contributed by atoms with Crippen molar-refractivity contribution in [2.24, 2.45) is 5.41 Å². The Morgan fingerprint density at radius 1 is 1.42 bits per heavy atom. The van der Waals surface area contributed by atoms with E-state index in [9.17, 15) is 5.26 Å². The van der Waals surface area contributed by atoms with Crippen LogP contribution in [-0.2, 0) is 0 Å². The molecule has 1 aliphatic rings. The highest BCUT2D eigenvalue weighted by Crippen LogP contribution is 2.46. The van der Waals surface area contributed by atoms with E-state index in [-0.39, 0.29) is 5.41 Å². The van der Waals surface area contributed by atoms with E-state index < -0.39 is 0 Å².